The third-order valence-corrected chi connectivity index (χ3v) is 7.48. The molecule has 3 aromatic heterocycles. The van der Waals surface area contributed by atoms with Gasteiger partial charge in [0.2, 0.25) is 5.95 Å². The highest BCUT2D eigenvalue weighted by molar-refractivity contribution is 5.86. The summed E-state index contributed by atoms with van der Waals surface area (Å²) >= 11 is 0. The molecule has 0 aliphatic carbocycles. The van der Waals surface area contributed by atoms with Gasteiger partial charge in [-0.3, -0.25) is 4.57 Å². The second kappa shape index (κ2) is 10.0. The molecule has 11 nitrogen and oxygen atoms in total. The molecule has 2 aliphatic rings. The third-order valence-electron chi connectivity index (χ3n) is 7.48. The van der Waals surface area contributed by atoms with Gasteiger partial charge in [0.15, 0.2) is 17.0 Å². The van der Waals surface area contributed by atoms with Gasteiger partial charge in [-0.05, 0) is 32.9 Å². The van der Waals surface area contributed by atoms with Crippen molar-refractivity contribution in [1.29, 1.82) is 0 Å². The van der Waals surface area contributed by atoms with Crippen molar-refractivity contribution in [3.05, 3.63) is 35.9 Å². The van der Waals surface area contributed by atoms with Crippen LogP contribution in [0.15, 0.2) is 24.3 Å². The summed E-state index contributed by atoms with van der Waals surface area (Å²) < 4.78 is 15.3. The molecule has 212 valence electrons. The molecule has 2 saturated heterocycles. The normalized spacial score (nSPS) is 16.8. The number of benzene rings is 1. The maximum atomic E-state index is 12.4. The molecule has 0 spiro atoms. The zero-order valence-electron chi connectivity index (χ0n) is 24.2. The predicted octanol–water partition coefficient (Wildman–Crippen LogP) is 4.07. The lowest BCUT2D eigenvalue weighted by molar-refractivity contribution is -0.00120. The number of aryl methyl sites for hydroxylation is 1. The minimum atomic E-state index is -0.498. The number of morpholine rings is 1. The minimum absolute atomic E-state index is 0.187. The van der Waals surface area contributed by atoms with Crippen LogP contribution < -0.4 is 4.90 Å². The van der Waals surface area contributed by atoms with Gasteiger partial charge in [-0.2, -0.15) is 9.97 Å². The number of aromatic nitrogens is 6. The van der Waals surface area contributed by atoms with Gasteiger partial charge in [0.25, 0.3) is 0 Å². The Morgan fingerprint density at radius 1 is 1.07 bits per heavy atom. The van der Waals surface area contributed by atoms with E-state index in [-0.39, 0.29) is 12.0 Å². The molecule has 1 aromatic carbocycles. The maximum absolute atomic E-state index is 12.4. The Balaban J connectivity index is 1.38. The number of amides is 1. The number of nitrogens with zero attached hydrogens (tertiary/aromatic N) is 8. The number of anilines is 1. The number of likely N-dealkylation sites (tertiary alicyclic amines) is 1. The van der Waals surface area contributed by atoms with Gasteiger partial charge < -0.3 is 23.8 Å². The van der Waals surface area contributed by atoms with E-state index in [2.05, 4.69) is 33.9 Å². The number of carbonyl (C=O) groups excluding carboxylic acids is 1. The predicted molar refractivity (Wildman–Crippen MR) is 153 cm³/mol. The van der Waals surface area contributed by atoms with Crippen molar-refractivity contribution in [3.8, 4) is 5.95 Å². The average Bonchev–Trinajstić information content (AvgIpc) is 3.43. The quantitative estimate of drug-likeness (QED) is 0.369. The summed E-state index contributed by atoms with van der Waals surface area (Å²) in [7, 11) is 2.02. The summed E-state index contributed by atoms with van der Waals surface area (Å²) in [6.07, 6.45) is 0.488. The SMILES string of the molecule is CC(C)c1nc2ccccc2n1-c1nc(N2CCOCC2)c2nc(CC3CN(C(=O)OC(C)(C)C)C3)n(C)c2n1. The zero-order chi connectivity index (χ0) is 28.2. The van der Waals surface area contributed by atoms with Crippen molar-refractivity contribution < 1.29 is 14.3 Å². The Hall–Kier alpha value is -3.73. The van der Waals surface area contributed by atoms with Crippen molar-refractivity contribution in [2.45, 2.75) is 52.6 Å². The van der Waals surface area contributed by atoms with E-state index < -0.39 is 5.60 Å². The largest absolute Gasteiger partial charge is 0.444 e. The summed E-state index contributed by atoms with van der Waals surface area (Å²) in [5.74, 6) is 3.78. The molecule has 1 amide bonds. The first-order valence-electron chi connectivity index (χ1n) is 14.1. The number of hydrogen-bond acceptors (Lipinski definition) is 8. The highest BCUT2D eigenvalue weighted by Gasteiger charge is 2.35. The van der Waals surface area contributed by atoms with Crippen LogP contribution in [0.1, 0.15) is 52.2 Å². The number of fused-ring (bicyclic) bond motifs is 2. The van der Waals surface area contributed by atoms with Crippen LogP contribution in [0, 0.1) is 5.92 Å². The van der Waals surface area contributed by atoms with Crippen molar-refractivity contribution in [2.24, 2.45) is 13.0 Å². The van der Waals surface area contributed by atoms with Crippen LogP contribution in [-0.4, -0.2) is 85.1 Å². The minimum Gasteiger partial charge on any atom is -0.444 e. The Morgan fingerprint density at radius 3 is 2.50 bits per heavy atom. The number of carbonyl (C=O) groups is 1. The molecule has 6 rings (SSSR count). The number of rotatable bonds is 5. The van der Waals surface area contributed by atoms with Gasteiger partial charge in [-0.25, -0.2) is 14.8 Å². The molecule has 5 heterocycles. The molecule has 0 bridgehead atoms. The van der Waals surface area contributed by atoms with Gasteiger partial charge in [-0.15, -0.1) is 0 Å². The van der Waals surface area contributed by atoms with Gasteiger partial charge >= 0.3 is 6.09 Å². The number of imidazole rings is 2. The van der Waals surface area contributed by atoms with Crippen molar-refractivity contribution in [2.75, 3.05) is 44.3 Å². The van der Waals surface area contributed by atoms with E-state index >= 15 is 0 Å². The lowest BCUT2D eigenvalue weighted by atomic mass is 9.96. The monoisotopic (exact) mass is 546 g/mol. The molecule has 11 heteroatoms. The summed E-state index contributed by atoms with van der Waals surface area (Å²) in [6.45, 7) is 14.0. The molecular weight excluding hydrogens is 508 g/mol. The molecule has 40 heavy (non-hydrogen) atoms. The van der Waals surface area contributed by atoms with E-state index in [1.807, 2.05) is 46.0 Å². The van der Waals surface area contributed by atoms with Gasteiger partial charge in [0.05, 0.1) is 24.2 Å². The van der Waals surface area contributed by atoms with Crippen LogP contribution in [-0.2, 0) is 22.9 Å². The van der Waals surface area contributed by atoms with Crippen LogP contribution in [0.2, 0.25) is 0 Å². The van der Waals surface area contributed by atoms with E-state index in [9.17, 15) is 4.79 Å². The van der Waals surface area contributed by atoms with Crippen LogP contribution >= 0.6 is 0 Å². The van der Waals surface area contributed by atoms with Crippen molar-refractivity contribution in [3.63, 3.8) is 0 Å². The van der Waals surface area contributed by atoms with Crippen LogP contribution in [0.25, 0.3) is 28.1 Å². The van der Waals surface area contributed by atoms with E-state index in [0.29, 0.717) is 38.2 Å². The lowest BCUT2D eigenvalue weighted by Crippen LogP contribution is -2.52. The molecule has 2 fully saturated rings. The van der Waals surface area contributed by atoms with Crippen molar-refractivity contribution >= 4 is 34.1 Å². The topological polar surface area (TPSA) is 103 Å². The zero-order valence-corrected chi connectivity index (χ0v) is 24.2. The number of para-hydroxylation sites is 2. The van der Waals surface area contributed by atoms with Gasteiger partial charge in [0.1, 0.15) is 17.2 Å². The fraction of sp³-hybridized carbons (Fsp3) is 0.552. The Bertz CT molecular complexity index is 1560. The van der Waals surface area contributed by atoms with E-state index in [1.165, 1.54) is 0 Å². The fourth-order valence-electron chi connectivity index (χ4n) is 5.43. The highest BCUT2D eigenvalue weighted by atomic mass is 16.6. The van der Waals surface area contributed by atoms with Crippen LogP contribution in [0.5, 0.6) is 0 Å². The molecule has 4 aromatic rings. The molecule has 0 N–H and O–H groups in total. The number of ether oxygens (including phenoxy) is 2. The Labute approximate surface area is 234 Å². The van der Waals surface area contributed by atoms with Gasteiger partial charge in [0, 0.05) is 51.5 Å². The summed E-state index contributed by atoms with van der Waals surface area (Å²) in [6, 6.07) is 8.12. The lowest BCUT2D eigenvalue weighted by Gasteiger charge is -2.39. The second-order valence-electron chi connectivity index (χ2n) is 12.1. The third kappa shape index (κ3) is 4.87. The molecule has 0 saturated carbocycles. The van der Waals surface area contributed by atoms with E-state index in [1.54, 1.807) is 4.90 Å². The maximum Gasteiger partial charge on any atom is 0.410 e. The summed E-state index contributed by atoms with van der Waals surface area (Å²) in [5.41, 5.74) is 2.99. The number of hydrogen-bond donors (Lipinski definition) is 0. The van der Waals surface area contributed by atoms with Crippen molar-refractivity contribution in [1.82, 2.24) is 34.0 Å². The summed E-state index contributed by atoms with van der Waals surface area (Å²) in [4.78, 5) is 36.7. The highest BCUT2D eigenvalue weighted by Crippen LogP contribution is 2.31. The first-order chi connectivity index (χ1) is 19.1. The second-order valence-corrected chi connectivity index (χ2v) is 12.1. The molecule has 0 atom stereocenters. The van der Waals surface area contributed by atoms with Gasteiger partial charge in [-0.1, -0.05) is 26.0 Å². The fourth-order valence-corrected chi connectivity index (χ4v) is 5.43. The molecule has 0 unspecified atom stereocenters. The van der Waals surface area contributed by atoms with Crippen LogP contribution in [0.3, 0.4) is 0 Å². The molecule has 2 aliphatic heterocycles. The van der Waals surface area contributed by atoms with Crippen LogP contribution in [0.4, 0.5) is 10.6 Å². The molecular formula is C29H38N8O3. The van der Waals surface area contributed by atoms with E-state index in [4.69, 9.17) is 29.4 Å². The summed E-state index contributed by atoms with van der Waals surface area (Å²) in [5, 5.41) is 0. The first-order valence-corrected chi connectivity index (χ1v) is 14.1. The van der Waals surface area contributed by atoms with E-state index in [0.717, 1.165) is 59.2 Å². The standard InChI is InChI=1S/C29H38N8O3/c1-18(2)24-30-20-9-7-8-10-21(20)37(24)27-32-25-23(26(33-27)35-11-13-39-14-12-35)31-22(34(25)6)15-19-16-36(17-19)28(38)40-29(3,4)5/h7-10,18-19H,11-17H2,1-6H3. The Kier molecular flexibility index (Phi) is 6.64. The first kappa shape index (κ1) is 26.5. The molecule has 0 radical (unpaired) electrons. The Morgan fingerprint density at radius 2 is 1.80 bits per heavy atom. The smallest absolute Gasteiger partial charge is 0.410 e. The average molecular weight is 547 g/mol.